The van der Waals surface area contributed by atoms with Gasteiger partial charge in [0.25, 0.3) is 0 Å². The van der Waals surface area contributed by atoms with Crippen LogP contribution in [0.25, 0.3) is 5.69 Å². The monoisotopic (exact) mass is 380 g/mol. The van der Waals surface area contributed by atoms with E-state index in [9.17, 15) is 4.79 Å². The number of nitrogens with two attached hydrogens (primary N) is 1. The average Bonchev–Trinajstić information content (AvgIpc) is 2.88. The van der Waals surface area contributed by atoms with Crippen LogP contribution in [0.1, 0.15) is 0 Å². The van der Waals surface area contributed by atoms with Crippen molar-refractivity contribution in [1.29, 1.82) is 0 Å². The first-order valence-corrected chi connectivity index (χ1v) is 7.54. The van der Waals surface area contributed by atoms with Gasteiger partial charge in [0.1, 0.15) is 12.4 Å². The predicted molar refractivity (Wildman–Crippen MR) is 91.9 cm³/mol. The van der Waals surface area contributed by atoms with Crippen LogP contribution in [0.15, 0.2) is 41.5 Å². The maximum atomic E-state index is 11.6. The van der Waals surface area contributed by atoms with Gasteiger partial charge in [-0.25, -0.2) is 4.68 Å². The minimum atomic E-state index is -0.333. The summed E-state index contributed by atoms with van der Waals surface area (Å²) >= 11 is 3.31. The normalized spacial score (nSPS) is 10.3. The van der Waals surface area contributed by atoms with Crippen LogP contribution in [0.2, 0.25) is 0 Å². The standard InChI is InChI=1S/C15H17BrN4O3/c1-3-14(21)18-12-8-10(20-9-11(16)15(17)19-20)4-5-13(12)23-7-6-22-2/h3-5,8-9H,1,6-7H2,2H3,(H2,17,19)(H,18,21). The van der Waals surface area contributed by atoms with Gasteiger partial charge >= 0.3 is 0 Å². The first-order valence-electron chi connectivity index (χ1n) is 6.75. The van der Waals surface area contributed by atoms with Crippen LogP contribution in [0, 0.1) is 0 Å². The van der Waals surface area contributed by atoms with Crippen molar-refractivity contribution in [2.75, 3.05) is 31.4 Å². The number of nitrogen functional groups attached to an aromatic ring is 1. The molecule has 0 atom stereocenters. The maximum absolute atomic E-state index is 11.6. The van der Waals surface area contributed by atoms with Crippen molar-refractivity contribution < 1.29 is 14.3 Å². The molecule has 7 nitrogen and oxygen atoms in total. The van der Waals surface area contributed by atoms with Gasteiger partial charge in [-0.2, -0.15) is 0 Å². The molecule has 2 aromatic rings. The van der Waals surface area contributed by atoms with E-state index in [4.69, 9.17) is 15.2 Å². The Hall–Kier alpha value is -2.32. The number of ether oxygens (including phenoxy) is 2. The van der Waals surface area contributed by atoms with Crippen LogP contribution in [-0.2, 0) is 9.53 Å². The number of nitrogens with zero attached hydrogens (tertiary/aromatic N) is 2. The zero-order valence-corrected chi connectivity index (χ0v) is 14.2. The molecule has 1 aromatic heterocycles. The van der Waals surface area contributed by atoms with Gasteiger partial charge in [0, 0.05) is 13.3 Å². The summed E-state index contributed by atoms with van der Waals surface area (Å²) in [4.78, 5) is 11.6. The Morgan fingerprint density at radius 2 is 2.30 bits per heavy atom. The Bertz CT molecular complexity index is 695. The van der Waals surface area contributed by atoms with Crippen LogP contribution in [0.5, 0.6) is 5.75 Å². The summed E-state index contributed by atoms with van der Waals surface area (Å²) in [5.74, 6) is 0.571. The summed E-state index contributed by atoms with van der Waals surface area (Å²) in [5.41, 5.74) is 6.96. The van der Waals surface area contributed by atoms with E-state index in [1.165, 1.54) is 6.08 Å². The highest BCUT2D eigenvalue weighted by Crippen LogP contribution is 2.28. The molecule has 0 aliphatic rings. The highest BCUT2D eigenvalue weighted by molar-refractivity contribution is 9.10. The number of rotatable bonds is 7. The number of halogens is 1. The van der Waals surface area contributed by atoms with Gasteiger partial charge in [-0.3, -0.25) is 4.79 Å². The van der Waals surface area contributed by atoms with Crippen molar-refractivity contribution in [2.45, 2.75) is 0 Å². The molecular formula is C15H17BrN4O3. The molecule has 1 aromatic carbocycles. The summed E-state index contributed by atoms with van der Waals surface area (Å²) < 4.78 is 12.8. The molecule has 0 bridgehead atoms. The average molecular weight is 381 g/mol. The summed E-state index contributed by atoms with van der Waals surface area (Å²) in [6, 6.07) is 5.29. The van der Waals surface area contributed by atoms with Gasteiger partial charge < -0.3 is 20.5 Å². The Morgan fingerprint density at radius 1 is 1.52 bits per heavy atom. The number of aromatic nitrogens is 2. The number of nitrogens with one attached hydrogen (secondary N) is 1. The Morgan fingerprint density at radius 3 is 2.91 bits per heavy atom. The smallest absolute Gasteiger partial charge is 0.247 e. The summed E-state index contributed by atoms with van der Waals surface area (Å²) in [6.07, 6.45) is 2.92. The van der Waals surface area contributed by atoms with Crippen LogP contribution in [0.4, 0.5) is 11.5 Å². The minimum absolute atomic E-state index is 0.333. The van der Waals surface area contributed by atoms with Crippen LogP contribution in [-0.4, -0.2) is 36.0 Å². The fourth-order valence-electron chi connectivity index (χ4n) is 1.80. The topological polar surface area (TPSA) is 91.4 Å². The third-order valence-corrected chi connectivity index (χ3v) is 3.52. The van der Waals surface area contributed by atoms with Gasteiger partial charge in [-0.1, -0.05) is 6.58 Å². The molecule has 0 radical (unpaired) electrons. The summed E-state index contributed by atoms with van der Waals surface area (Å²) in [6.45, 7) is 4.26. The molecule has 122 valence electrons. The van der Waals surface area contributed by atoms with Gasteiger partial charge in [0.2, 0.25) is 5.91 Å². The summed E-state index contributed by atoms with van der Waals surface area (Å²) in [7, 11) is 1.59. The van der Waals surface area contributed by atoms with Crippen molar-refractivity contribution in [3.05, 3.63) is 41.5 Å². The highest BCUT2D eigenvalue weighted by atomic mass is 79.9. The van der Waals surface area contributed by atoms with Crippen molar-refractivity contribution >= 4 is 33.3 Å². The lowest BCUT2D eigenvalue weighted by atomic mass is 10.2. The van der Waals surface area contributed by atoms with E-state index < -0.39 is 0 Å². The summed E-state index contributed by atoms with van der Waals surface area (Å²) in [5, 5.41) is 6.89. The molecule has 0 spiro atoms. The van der Waals surface area contributed by atoms with Crippen molar-refractivity contribution in [3.63, 3.8) is 0 Å². The molecule has 0 fully saturated rings. The van der Waals surface area contributed by atoms with E-state index in [-0.39, 0.29) is 5.91 Å². The number of amides is 1. The molecule has 0 aliphatic heterocycles. The van der Waals surface area contributed by atoms with Gasteiger partial charge in [0.05, 0.1) is 22.5 Å². The number of hydrogen-bond acceptors (Lipinski definition) is 5. The molecule has 8 heteroatoms. The molecule has 0 unspecified atom stereocenters. The lowest BCUT2D eigenvalue weighted by Crippen LogP contribution is -2.11. The van der Waals surface area contributed by atoms with Crippen LogP contribution < -0.4 is 15.8 Å². The molecule has 0 aliphatic carbocycles. The van der Waals surface area contributed by atoms with E-state index in [0.29, 0.717) is 34.9 Å². The van der Waals surface area contributed by atoms with E-state index in [0.717, 1.165) is 5.69 Å². The second-order valence-electron chi connectivity index (χ2n) is 4.52. The molecule has 2 rings (SSSR count). The molecule has 0 saturated heterocycles. The SMILES string of the molecule is C=CC(=O)Nc1cc(-n2cc(Br)c(N)n2)ccc1OCCOC. The molecule has 1 amide bonds. The fraction of sp³-hybridized carbons (Fsp3) is 0.200. The highest BCUT2D eigenvalue weighted by Gasteiger charge is 2.11. The number of hydrogen-bond donors (Lipinski definition) is 2. The molecule has 1 heterocycles. The fourth-order valence-corrected chi connectivity index (χ4v) is 2.07. The Balaban J connectivity index is 2.33. The first kappa shape index (κ1) is 17.0. The lowest BCUT2D eigenvalue weighted by molar-refractivity contribution is -0.111. The zero-order valence-electron chi connectivity index (χ0n) is 12.6. The van der Waals surface area contributed by atoms with E-state index in [1.807, 2.05) is 6.07 Å². The Labute approximate surface area is 142 Å². The van der Waals surface area contributed by atoms with Crippen molar-refractivity contribution in [3.8, 4) is 11.4 Å². The third-order valence-electron chi connectivity index (χ3n) is 2.91. The van der Waals surface area contributed by atoms with Gasteiger partial charge in [-0.15, -0.1) is 5.10 Å². The predicted octanol–water partition coefficient (Wildman–Crippen LogP) is 2.37. The second-order valence-corrected chi connectivity index (χ2v) is 5.38. The first-order chi connectivity index (χ1) is 11.0. The minimum Gasteiger partial charge on any atom is -0.489 e. The van der Waals surface area contributed by atoms with Crippen molar-refractivity contribution in [1.82, 2.24) is 9.78 Å². The zero-order chi connectivity index (χ0) is 16.8. The number of anilines is 2. The largest absolute Gasteiger partial charge is 0.489 e. The van der Waals surface area contributed by atoms with Gasteiger partial charge in [0.15, 0.2) is 5.82 Å². The second kappa shape index (κ2) is 7.80. The number of carbonyl (C=O) groups is 1. The molecule has 23 heavy (non-hydrogen) atoms. The van der Waals surface area contributed by atoms with E-state index in [2.05, 4.69) is 32.9 Å². The lowest BCUT2D eigenvalue weighted by Gasteiger charge is -2.13. The molecular weight excluding hydrogens is 364 g/mol. The number of methoxy groups -OCH3 is 1. The van der Waals surface area contributed by atoms with Gasteiger partial charge in [-0.05, 0) is 40.2 Å². The quantitative estimate of drug-likeness (QED) is 0.568. The molecule has 0 saturated carbocycles. The van der Waals surface area contributed by atoms with E-state index in [1.54, 1.807) is 30.1 Å². The molecule has 3 N–H and O–H groups in total. The van der Waals surface area contributed by atoms with Crippen LogP contribution >= 0.6 is 15.9 Å². The van der Waals surface area contributed by atoms with Crippen molar-refractivity contribution in [2.24, 2.45) is 0 Å². The van der Waals surface area contributed by atoms with E-state index >= 15 is 0 Å². The Kier molecular flexibility index (Phi) is 5.78. The third kappa shape index (κ3) is 4.33. The van der Waals surface area contributed by atoms with Crippen LogP contribution in [0.3, 0.4) is 0 Å². The number of benzene rings is 1. The maximum Gasteiger partial charge on any atom is 0.247 e. The number of carbonyl (C=O) groups excluding carboxylic acids is 1.